The van der Waals surface area contributed by atoms with E-state index in [1.807, 2.05) is 0 Å². The van der Waals surface area contributed by atoms with Gasteiger partial charge in [-0.15, -0.1) is 10.2 Å². The molecule has 8 heteroatoms. The highest BCUT2D eigenvalue weighted by Crippen LogP contribution is 2.12. The number of nitrogens with zero attached hydrogens (tertiary/aromatic N) is 4. The first kappa shape index (κ1) is 9.35. The molecule has 0 spiro atoms. The monoisotopic (exact) mass is 232 g/mol. The predicted octanol–water partition coefficient (Wildman–Crippen LogP) is 0.360. The van der Waals surface area contributed by atoms with Crippen molar-refractivity contribution in [1.82, 2.24) is 19.8 Å². The molecule has 14 heavy (non-hydrogen) atoms. The van der Waals surface area contributed by atoms with Crippen LogP contribution in [0.3, 0.4) is 0 Å². The summed E-state index contributed by atoms with van der Waals surface area (Å²) in [4.78, 5) is 0. The third kappa shape index (κ3) is 1.44. The molecular weight excluding hydrogens is 228 g/mol. The summed E-state index contributed by atoms with van der Waals surface area (Å²) in [5.41, 5.74) is 0.478. The number of hydrogen-bond donors (Lipinski definition) is 0. The molecule has 2 heterocycles. The average Bonchev–Trinajstić information content (AvgIpc) is 2.46. The summed E-state index contributed by atoms with van der Waals surface area (Å²) in [6.07, 6.45) is 0. The lowest BCUT2D eigenvalue weighted by Gasteiger charge is -1.96. The van der Waals surface area contributed by atoms with E-state index in [-0.39, 0.29) is 5.03 Å². The van der Waals surface area contributed by atoms with E-state index in [0.29, 0.717) is 11.5 Å². The molecule has 0 aliphatic heterocycles. The second-order valence-corrected chi connectivity index (χ2v) is 5.14. The first-order valence-corrected chi connectivity index (χ1v) is 5.93. The molecule has 0 aliphatic carbocycles. The zero-order valence-electron chi connectivity index (χ0n) is 7.05. The predicted molar refractivity (Wildman–Crippen MR) is 48.6 cm³/mol. The van der Waals surface area contributed by atoms with E-state index in [4.69, 9.17) is 10.7 Å². The van der Waals surface area contributed by atoms with Crippen LogP contribution in [0.15, 0.2) is 17.2 Å². The molecule has 0 N–H and O–H groups in total. The lowest BCUT2D eigenvalue weighted by Crippen LogP contribution is -2.01. The average molecular weight is 233 g/mol. The summed E-state index contributed by atoms with van der Waals surface area (Å²) in [5.74, 6) is 0.502. The standard InChI is InChI=1S/C6H5ClN4O2S/c1-4-8-9-5-2-3-6(10-11(4)5)14(7,12)13/h2-3H,1H3. The Balaban J connectivity index is 2.79. The lowest BCUT2D eigenvalue weighted by atomic mass is 10.5. The van der Waals surface area contributed by atoms with Crippen LogP contribution in [0.5, 0.6) is 0 Å². The van der Waals surface area contributed by atoms with E-state index >= 15 is 0 Å². The molecule has 2 rings (SSSR count). The fraction of sp³-hybridized carbons (Fsp3) is 0.167. The molecule has 0 saturated carbocycles. The van der Waals surface area contributed by atoms with Crippen molar-refractivity contribution in [1.29, 1.82) is 0 Å². The lowest BCUT2D eigenvalue weighted by molar-refractivity contribution is 0.602. The Labute approximate surface area is 83.9 Å². The Morgan fingerprint density at radius 2 is 2.07 bits per heavy atom. The highest BCUT2D eigenvalue weighted by molar-refractivity contribution is 8.13. The van der Waals surface area contributed by atoms with Crippen LogP contribution in [0.25, 0.3) is 5.65 Å². The molecule has 0 saturated heterocycles. The fourth-order valence-corrected chi connectivity index (χ4v) is 1.67. The first-order chi connectivity index (χ1) is 6.48. The van der Waals surface area contributed by atoms with Gasteiger partial charge < -0.3 is 0 Å². The smallest absolute Gasteiger partial charge is 0.205 e. The van der Waals surface area contributed by atoms with Crippen molar-refractivity contribution in [3.8, 4) is 0 Å². The highest BCUT2D eigenvalue weighted by Gasteiger charge is 2.13. The molecule has 0 unspecified atom stereocenters. The van der Waals surface area contributed by atoms with Crippen LogP contribution in [-0.4, -0.2) is 28.2 Å². The zero-order valence-corrected chi connectivity index (χ0v) is 8.62. The minimum Gasteiger partial charge on any atom is -0.205 e. The highest BCUT2D eigenvalue weighted by atomic mass is 35.7. The van der Waals surface area contributed by atoms with E-state index in [0.717, 1.165) is 0 Å². The Hall–Kier alpha value is -1.21. The van der Waals surface area contributed by atoms with E-state index < -0.39 is 9.05 Å². The quantitative estimate of drug-likeness (QED) is 0.664. The molecule has 74 valence electrons. The molecular formula is C6H5ClN4O2S. The number of rotatable bonds is 1. The molecule has 0 atom stereocenters. The van der Waals surface area contributed by atoms with E-state index in [9.17, 15) is 8.42 Å². The van der Waals surface area contributed by atoms with Crippen LogP contribution in [-0.2, 0) is 9.05 Å². The Bertz CT molecular complexity index is 591. The van der Waals surface area contributed by atoms with Gasteiger partial charge in [-0.2, -0.15) is 9.61 Å². The molecule has 0 radical (unpaired) electrons. The summed E-state index contributed by atoms with van der Waals surface area (Å²) < 4.78 is 23.2. The van der Waals surface area contributed by atoms with Crippen LogP contribution < -0.4 is 0 Å². The first-order valence-electron chi connectivity index (χ1n) is 3.62. The number of halogens is 1. The third-order valence-electron chi connectivity index (χ3n) is 1.64. The van der Waals surface area contributed by atoms with Crippen LogP contribution >= 0.6 is 10.7 Å². The van der Waals surface area contributed by atoms with Gasteiger partial charge in [-0.05, 0) is 19.1 Å². The van der Waals surface area contributed by atoms with Gasteiger partial charge in [0.05, 0.1) is 0 Å². The van der Waals surface area contributed by atoms with Gasteiger partial charge in [0.2, 0.25) is 0 Å². The second-order valence-electron chi connectivity index (χ2n) is 2.63. The molecule has 2 aromatic heterocycles. The van der Waals surface area contributed by atoms with Crippen LogP contribution in [0.2, 0.25) is 0 Å². The number of fused-ring (bicyclic) bond motifs is 1. The second kappa shape index (κ2) is 2.89. The zero-order chi connectivity index (χ0) is 10.3. The van der Waals surface area contributed by atoms with Crippen molar-refractivity contribution in [3.05, 3.63) is 18.0 Å². The van der Waals surface area contributed by atoms with Gasteiger partial charge in [-0.1, -0.05) is 0 Å². The summed E-state index contributed by atoms with van der Waals surface area (Å²) in [5, 5.41) is 11.0. The van der Waals surface area contributed by atoms with Gasteiger partial charge >= 0.3 is 0 Å². The Morgan fingerprint density at radius 1 is 1.36 bits per heavy atom. The maximum Gasteiger partial charge on any atom is 0.280 e. The largest absolute Gasteiger partial charge is 0.280 e. The van der Waals surface area contributed by atoms with E-state index in [1.165, 1.54) is 16.6 Å². The SMILES string of the molecule is Cc1nnc2ccc(S(=O)(=O)Cl)nn12. The number of aryl methyl sites for hydroxylation is 1. The minimum absolute atomic E-state index is 0.213. The van der Waals surface area contributed by atoms with Crippen LogP contribution in [0.1, 0.15) is 5.82 Å². The molecule has 6 nitrogen and oxygen atoms in total. The molecule has 0 aliphatic rings. The molecule has 0 bridgehead atoms. The summed E-state index contributed by atoms with van der Waals surface area (Å²) in [6.45, 7) is 1.66. The van der Waals surface area contributed by atoms with Gasteiger partial charge in [0.1, 0.15) is 0 Å². The maximum absolute atomic E-state index is 11.0. The fourth-order valence-electron chi connectivity index (χ4n) is 1.01. The topological polar surface area (TPSA) is 77.2 Å². The van der Waals surface area contributed by atoms with Crippen LogP contribution in [0, 0.1) is 6.92 Å². The van der Waals surface area contributed by atoms with E-state index in [1.54, 1.807) is 6.92 Å². The van der Waals surface area contributed by atoms with Gasteiger partial charge in [-0.3, -0.25) is 0 Å². The van der Waals surface area contributed by atoms with Gasteiger partial charge in [-0.25, -0.2) is 8.42 Å². The Morgan fingerprint density at radius 3 is 2.71 bits per heavy atom. The van der Waals surface area contributed by atoms with Gasteiger partial charge in [0, 0.05) is 10.7 Å². The molecule has 0 aromatic carbocycles. The van der Waals surface area contributed by atoms with Crippen molar-refractivity contribution in [2.75, 3.05) is 0 Å². The summed E-state index contributed by atoms with van der Waals surface area (Å²) in [7, 11) is 1.33. The van der Waals surface area contributed by atoms with Crippen molar-refractivity contribution < 1.29 is 8.42 Å². The maximum atomic E-state index is 11.0. The molecule has 0 amide bonds. The summed E-state index contributed by atoms with van der Waals surface area (Å²) in [6, 6.07) is 2.77. The minimum atomic E-state index is -3.80. The van der Waals surface area contributed by atoms with Gasteiger partial charge in [0.15, 0.2) is 16.5 Å². The number of aromatic nitrogens is 4. The normalized spacial score (nSPS) is 12.1. The Kier molecular flexibility index (Phi) is 1.93. The van der Waals surface area contributed by atoms with Crippen molar-refractivity contribution in [2.24, 2.45) is 0 Å². The van der Waals surface area contributed by atoms with Crippen LogP contribution in [0.4, 0.5) is 0 Å². The van der Waals surface area contributed by atoms with Crippen molar-refractivity contribution in [3.63, 3.8) is 0 Å². The van der Waals surface area contributed by atoms with E-state index in [2.05, 4.69) is 15.3 Å². The molecule has 0 fully saturated rings. The van der Waals surface area contributed by atoms with Crippen molar-refractivity contribution >= 4 is 25.4 Å². The summed E-state index contributed by atoms with van der Waals surface area (Å²) >= 11 is 0. The third-order valence-corrected chi connectivity index (χ3v) is 2.84. The molecule has 2 aromatic rings. The number of hydrogen-bond acceptors (Lipinski definition) is 5. The van der Waals surface area contributed by atoms with Crippen molar-refractivity contribution in [2.45, 2.75) is 11.9 Å². The van der Waals surface area contributed by atoms with Gasteiger partial charge in [0.25, 0.3) is 9.05 Å².